The molecule has 0 amide bonds. The Bertz CT molecular complexity index is 1650. The van der Waals surface area contributed by atoms with Crippen molar-refractivity contribution < 1.29 is 58.8 Å². The third-order valence-electron chi connectivity index (χ3n) is 7.25. The van der Waals surface area contributed by atoms with E-state index in [4.69, 9.17) is 64.9 Å². The number of aryl methyl sites for hydroxylation is 1. The molecule has 0 aromatic carbocycles. The number of halogens is 3. The lowest BCUT2D eigenvalue weighted by Gasteiger charge is -2.39. The Balaban J connectivity index is 2.22. The van der Waals surface area contributed by atoms with E-state index in [0.29, 0.717) is 11.3 Å². The molecule has 1 aliphatic heterocycles. The number of aromatic nitrogens is 4. The minimum absolute atomic E-state index is 0.0281. The fourth-order valence-electron chi connectivity index (χ4n) is 4.78. The van der Waals surface area contributed by atoms with Crippen LogP contribution >= 0.6 is 34.8 Å². The molecule has 3 heterocycles. The van der Waals surface area contributed by atoms with Gasteiger partial charge in [0.05, 0.1) is 18.3 Å². The molecule has 3 atom stereocenters. The van der Waals surface area contributed by atoms with Gasteiger partial charge in [-0.3, -0.25) is 4.79 Å². The second kappa shape index (κ2) is 18.7. The monoisotopic (exact) mass is 875 g/mol. The molecule has 0 radical (unpaired) electrons. The molecule has 0 fully saturated rings. The molecule has 2 aromatic heterocycles. The van der Waals surface area contributed by atoms with Crippen molar-refractivity contribution in [2.24, 2.45) is 0 Å². The van der Waals surface area contributed by atoms with Crippen molar-refractivity contribution in [1.29, 1.82) is 0 Å². The topological polar surface area (TPSA) is 246 Å². The summed E-state index contributed by atoms with van der Waals surface area (Å²) in [6.45, 7) is 8.73. The summed E-state index contributed by atoms with van der Waals surface area (Å²) in [5.41, 5.74) is 0.949. The normalized spacial score (nSPS) is 17.5. The minimum atomic E-state index is -5.13. The summed E-state index contributed by atoms with van der Waals surface area (Å²) in [5.74, 6) is -0.599. The molecule has 3 rings (SSSR count). The SMILES string of the molecule is C=CC[Si](O)(O)O[Si](CC=C)(OC)O[Si](O)(Cc1cc(Cl)nnc1Cl)O[Si](O)(CC1=C(Cl)NCC(=O)C1)Oc1cc(C[Si](O)(OC)OC)c(C)nn1. The molecule has 0 saturated heterocycles. The standard InChI is InChI=1S/C26H40Cl3N5O13Si5/c1-7-9-48(36,37)45-52(43-6,10-8-2)47-51(40,17-21-12-23(27)32-34-26(21)29)46-50(39,16-20-11-22(35)14-30-25(20)28)44-24-13-19(18(3)31-33-24)15-49(38,41-4)42-5/h7-8,12-13,30,36-40H,1-2,9-11,14-17H2,3-6H3. The van der Waals surface area contributed by atoms with E-state index in [0.717, 1.165) is 7.11 Å². The number of rotatable bonds is 21. The van der Waals surface area contributed by atoms with Gasteiger partial charge in [0, 0.05) is 58.0 Å². The lowest BCUT2D eigenvalue weighted by molar-refractivity contribution is -0.117. The maximum absolute atomic E-state index is 12.5. The van der Waals surface area contributed by atoms with Gasteiger partial charge in [-0.2, -0.15) is 5.10 Å². The molecule has 2 aromatic rings. The largest absolute Gasteiger partial charge is 0.561 e. The summed E-state index contributed by atoms with van der Waals surface area (Å²) in [6, 6.07) is 0.630. The zero-order valence-electron chi connectivity index (χ0n) is 28.6. The van der Waals surface area contributed by atoms with Crippen LogP contribution < -0.4 is 9.74 Å². The van der Waals surface area contributed by atoms with E-state index in [9.17, 15) is 28.8 Å². The van der Waals surface area contributed by atoms with Gasteiger partial charge in [0.25, 0.3) is 0 Å². The van der Waals surface area contributed by atoms with E-state index >= 15 is 0 Å². The maximum atomic E-state index is 12.5. The third-order valence-corrected chi connectivity index (χ3v) is 22.3. The highest BCUT2D eigenvalue weighted by molar-refractivity contribution is 6.83. The van der Waals surface area contributed by atoms with Crippen LogP contribution in [0.4, 0.5) is 0 Å². The van der Waals surface area contributed by atoms with Gasteiger partial charge in [-0.25, -0.2) is 0 Å². The van der Waals surface area contributed by atoms with E-state index in [-0.39, 0.29) is 69.4 Å². The number of allylic oxidation sites excluding steroid dienone is 3. The van der Waals surface area contributed by atoms with Gasteiger partial charge in [-0.15, -0.1) is 28.5 Å². The van der Waals surface area contributed by atoms with Crippen LogP contribution in [0.25, 0.3) is 0 Å². The predicted octanol–water partition coefficient (Wildman–Crippen LogP) is 1.15. The number of Topliss-reactive ketones (excluding diaryl/α,β-unsaturated/α-hetero) is 1. The quantitative estimate of drug-likeness (QED) is 0.0585. The van der Waals surface area contributed by atoms with Crippen LogP contribution in [-0.4, -0.2) is 122 Å². The summed E-state index contributed by atoms with van der Waals surface area (Å²) in [4.78, 5) is 69.5. The molecular formula is C26H40Cl3N5O13Si5. The van der Waals surface area contributed by atoms with Crippen LogP contribution in [0.3, 0.4) is 0 Å². The second-order valence-corrected chi connectivity index (χ2v) is 25.4. The van der Waals surface area contributed by atoms with E-state index in [1.54, 1.807) is 6.92 Å². The number of hydrogen-bond acceptors (Lipinski definition) is 18. The molecule has 6 N–H and O–H groups in total. The highest BCUT2D eigenvalue weighted by atomic mass is 35.5. The van der Waals surface area contributed by atoms with Gasteiger partial charge in [-0.1, -0.05) is 47.0 Å². The zero-order chi connectivity index (χ0) is 39.0. The van der Waals surface area contributed by atoms with Crippen molar-refractivity contribution in [3.05, 3.63) is 75.3 Å². The van der Waals surface area contributed by atoms with Gasteiger partial charge in [0.15, 0.2) is 16.1 Å². The molecule has 0 aliphatic carbocycles. The third kappa shape index (κ3) is 12.6. The zero-order valence-corrected chi connectivity index (χ0v) is 35.9. The number of carbonyl (C=O) groups is 1. The molecule has 0 saturated carbocycles. The van der Waals surface area contributed by atoms with E-state index in [2.05, 4.69) is 38.9 Å². The highest BCUT2D eigenvalue weighted by Crippen LogP contribution is 2.34. The van der Waals surface area contributed by atoms with Gasteiger partial charge in [0.2, 0.25) is 5.88 Å². The number of nitrogens with zero attached hydrogens (tertiary/aromatic N) is 4. The first-order valence-electron chi connectivity index (χ1n) is 15.2. The van der Waals surface area contributed by atoms with Crippen molar-refractivity contribution in [3.63, 3.8) is 0 Å². The Hall–Kier alpha value is -1.84. The van der Waals surface area contributed by atoms with E-state index in [1.165, 1.54) is 38.5 Å². The summed E-state index contributed by atoms with van der Waals surface area (Å²) in [5, 5.41) is 17.9. The Labute approximate surface area is 320 Å². The molecular weight excluding hydrogens is 837 g/mol. The van der Waals surface area contributed by atoms with Crippen LogP contribution in [0.15, 0.2) is 48.2 Å². The first-order valence-corrected chi connectivity index (χ1v) is 26.2. The van der Waals surface area contributed by atoms with Gasteiger partial charge < -0.3 is 59.3 Å². The molecule has 3 unspecified atom stereocenters. The molecule has 0 bridgehead atoms. The molecule has 26 heteroatoms. The molecule has 0 spiro atoms. The minimum Gasteiger partial charge on any atom is -0.485 e. The average molecular weight is 877 g/mol. The predicted molar refractivity (Wildman–Crippen MR) is 196 cm³/mol. The van der Waals surface area contributed by atoms with Gasteiger partial charge in [-0.05, 0) is 29.7 Å². The summed E-state index contributed by atoms with van der Waals surface area (Å²) < 4.78 is 40.1. The van der Waals surface area contributed by atoms with E-state index < -0.39 is 56.1 Å². The summed E-state index contributed by atoms with van der Waals surface area (Å²) in [6.07, 6.45) is 2.31. The van der Waals surface area contributed by atoms with Crippen molar-refractivity contribution >= 4 is 84.6 Å². The number of hydrogen-bond donors (Lipinski definition) is 6. The first kappa shape index (κ1) is 44.6. The average Bonchev–Trinajstić information content (AvgIpc) is 3.05. The highest BCUT2D eigenvalue weighted by Gasteiger charge is 2.60. The van der Waals surface area contributed by atoms with Crippen molar-refractivity contribution in [2.75, 3.05) is 27.9 Å². The lowest BCUT2D eigenvalue weighted by Crippen LogP contribution is -2.66. The molecule has 288 valence electrons. The summed E-state index contributed by atoms with van der Waals surface area (Å²) in [7, 11) is -19.2. The Morgan fingerprint density at radius 1 is 0.808 bits per heavy atom. The lowest BCUT2D eigenvalue weighted by atomic mass is 10.1. The summed E-state index contributed by atoms with van der Waals surface area (Å²) >= 11 is 18.8. The van der Waals surface area contributed by atoms with E-state index in [1.807, 2.05) is 0 Å². The smallest absolute Gasteiger partial charge is 0.485 e. The van der Waals surface area contributed by atoms with Crippen molar-refractivity contribution in [1.82, 2.24) is 25.7 Å². The van der Waals surface area contributed by atoms with Crippen LogP contribution in [0.1, 0.15) is 23.2 Å². The Morgan fingerprint density at radius 2 is 1.46 bits per heavy atom. The van der Waals surface area contributed by atoms with Gasteiger partial charge in [0.1, 0.15) is 5.16 Å². The second-order valence-electron chi connectivity index (χ2n) is 11.4. The fraction of sp³-hybridized carbons (Fsp3) is 0.423. The number of ketones is 1. The fourth-order valence-corrected chi connectivity index (χ4v) is 19.5. The molecule has 52 heavy (non-hydrogen) atoms. The molecule has 1 aliphatic rings. The maximum Gasteiger partial charge on any atom is 0.561 e. The number of carbonyl (C=O) groups excluding carboxylic acids is 1. The number of nitrogens with one attached hydrogen (secondary N) is 1. The van der Waals surface area contributed by atoms with Crippen LogP contribution in [-0.2, 0) is 42.5 Å². The van der Waals surface area contributed by atoms with Crippen LogP contribution in [0.5, 0.6) is 5.88 Å². The first-order chi connectivity index (χ1) is 24.3. The van der Waals surface area contributed by atoms with Crippen molar-refractivity contribution in [2.45, 2.75) is 43.6 Å². The van der Waals surface area contributed by atoms with Crippen molar-refractivity contribution in [3.8, 4) is 5.88 Å². The van der Waals surface area contributed by atoms with Crippen LogP contribution in [0.2, 0.25) is 28.4 Å². The Morgan fingerprint density at radius 3 is 2.08 bits per heavy atom. The molecule has 18 nitrogen and oxygen atoms in total. The van der Waals surface area contributed by atoms with Gasteiger partial charge >= 0.3 is 44.0 Å². The van der Waals surface area contributed by atoms with Crippen LogP contribution in [0, 0.1) is 6.92 Å². The Kier molecular flexibility index (Phi) is 16.0.